The van der Waals surface area contributed by atoms with E-state index in [1.165, 1.54) is 0 Å². The average molecular weight is 348 g/mol. The lowest BCUT2D eigenvalue weighted by Gasteiger charge is -2.07. The molecule has 142 valence electrons. The smallest absolute Gasteiger partial charge is 0.306 e. The zero-order valence-electron chi connectivity index (χ0n) is 14.7. The summed E-state index contributed by atoms with van der Waals surface area (Å²) in [4.78, 5) is 22.5. The minimum Gasteiger partial charge on any atom is -0.466 e. The third-order valence-corrected chi connectivity index (χ3v) is 2.89. The van der Waals surface area contributed by atoms with Gasteiger partial charge in [-0.15, -0.1) is 0 Å². The van der Waals surface area contributed by atoms with Crippen molar-refractivity contribution in [2.45, 2.75) is 32.6 Å². The van der Waals surface area contributed by atoms with Crippen molar-refractivity contribution >= 4 is 11.9 Å². The van der Waals surface area contributed by atoms with Gasteiger partial charge in [-0.3, -0.25) is 9.59 Å². The maximum Gasteiger partial charge on any atom is 0.306 e. The first kappa shape index (κ1) is 22.8. The zero-order chi connectivity index (χ0) is 17.9. The van der Waals surface area contributed by atoms with E-state index in [1.54, 1.807) is 6.92 Å². The maximum atomic E-state index is 11.5. The number of amides is 1. The predicted octanol–water partition coefficient (Wildman–Crippen LogP) is 0.235. The minimum absolute atomic E-state index is 0.115. The zero-order valence-corrected chi connectivity index (χ0v) is 14.7. The molecule has 3 N–H and O–H groups in total. The molecule has 0 unspecified atom stereocenters. The summed E-state index contributed by atoms with van der Waals surface area (Å²) in [6, 6.07) is 0. The van der Waals surface area contributed by atoms with Crippen LogP contribution in [0.1, 0.15) is 32.6 Å². The molecule has 0 aromatic rings. The van der Waals surface area contributed by atoms with Gasteiger partial charge >= 0.3 is 5.97 Å². The summed E-state index contributed by atoms with van der Waals surface area (Å²) in [5.74, 6) is -0.498. The van der Waals surface area contributed by atoms with E-state index in [9.17, 15) is 9.59 Å². The highest BCUT2D eigenvalue weighted by molar-refractivity contribution is 5.81. The second-order valence-electron chi connectivity index (χ2n) is 4.99. The number of carbonyl (C=O) groups excluding carboxylic acids is 2. The molecule has 0 heterocycles. The summed E-state index contributed by atoms with van der Waals surface area (Å²) in [6.07, 6.45) is 1.85. The van der Waals surface area contributed by atoms with Crippen LogP contribution in [0.3, 0.4) is 0 Å². The standard InChI is InChI=1S/C16H32N2O6/c1-2-24-16(20)6-5-15(19)18-8-4-10-22-12-14-23-13-11-21-9-3-7-17/h2-14,17H2,1H3,(H,18,19). The number of carbonyl (C=O) groups is 2. The van der Waals surface area contributed by atoms with Gasteiger partial charge in [0.25, 0.3) is 0 Å². The Bertz CT molecular complexity index is 315. The van der Waals surface area contributed by atoms with Crippen LogP contribution in [0.2, 0.25) is 0 Å². The third-order valence-electron chi connectivity index (χ3n) is 2.89. The van der Waals surface area contributed by atoms with Crippen LogP contribution in [-0.4, -0.2) is 71.2 Å². The Morgan fingerprint density at radius 1 is 0.875 bits per heavy atom. The van der Waals surface area contributed by atoms with Crippen molar-refractivity contribution in [1.29, 1.82) is 0 Å². The van der Waals surface area contributed by atoms with Crippen molar-refractivity contribution in [3.8, 4) is 0 Å². The summed E-state index contributed by atoms with van der Waals surface area (Å²) in [7, 11) is 0. The van der Waals surface area contributed by atoms with Crippen LogP contribution in [0.4, 0.5) is 0 Å². The van der Waals surface area contributed by atoms with Gasteiger partial charge in [0.15, 0.2) is 0 Å². The molecule has 0 saturated carbocycles. The summed E-state index contributed by atoms with van der Waals surface area (Å²) in [5, 5.41) is 2.73. The molecule has 8 heteroatoms. The third kappa shape index (κ3) is 17.1. The van der Waals surface area contributed by atoms with Gasteiger partial charge in [-0.05, 0) is 26.3 Å². The van der Waals surface area contributed by atoms with Crippen LogP contribution < -0.4 is 11.1 Å². The Morgan fingerprint density at radius 3 is 2.04 bits per heavy atom. The van der Waals surface area contributed by atoms with Crippen molar-refractivity contribution in [3.63, 3.8) is 0 Å². The van der Waals surface area contributed by atoms with Gasteiger partial charge in [-0.2, -0.15) is 0 Å². The molecule has 0 radical (unpaired) electrons. The highest BCUT2D eigenvalue weighted by Crippen LogP contribution is 1.93. The Labute approximate surface area is 144 Å². The molecular formula is C16H32N2O6. The van der Waals surface area contributed by atoms with Crippen LogP contribution in [0.5, 0.6) is 0 Å². The van der Waals surface area contributed by atoms with E-state index >= 15 is 0 Å². The first-order valence-corrected chi connectivity index (χ1v) is 8.56. The highest BCUT2D eigenvalue weighted by atomic mass is 16.5. The van der Waals surface area contributed by atoms with Crippen molar-refractivity contribution < 1.29 is 28.5 Å². The van der Waals surface area contributed by atoms with Gasteiger partial charge in [0.05, 0.1) is 39.5 Å². The van der Waals surface area contributed by atoms with Crippen molar-refractivity contribution in [2.24, 2.45) is 5.73 Å². The van der Waals surface area contributed by atoms with E-state index in [2.05, 4.69) is 5.32 Å². The Hall–Kier alpha value is -1.22. The molecule has 0 atom stereocenters. The first-order valence-electron chi connectivity index (χ1n) is 8.56. The van der Waals surface area contributed by atoms with Gasteiger partial charge in [-0.1, -0.05) is 0 Å². The second kappa shape index (κ2) is 18.1. The molecule has 0 saturated heterocycles. The monoisotopic (exact) mass is 348 g/mol. The fourth-order valence-electron chi connectivity index (χ4n) is 1.67. The lowest BCUT2D eigenvalue weighted by molar-refractivity contribution is -0.144. The number of hydrogen-bond donors (Lipinski definition) is 2. The first-order chi connectivity index (χ1) is 11.7. The Kier molecular flexibility index (Phi) is 17.2. The maximum absolute atomic E-state index is 11.5. The van der Waals surface area contributed by atoms with Crippen LogP contribution in [0.25, 0.3) is 0 Å². The molecule has 0 rings (SSSR count). The molecule has 0 fully saturated rings. The van der Waals surface area contributed by atoms with Gasteiger partial charge in [0, 0.05) is 26.2 Å². The molecule has 0 aliphatic carbocycles. The fourth-order valence-corrected chi connectivity index (χ4v) is 1.67. The van der Waals surface area contributed by atoms with Crippen molar-refractivity contribution in [3.05, 3.63) is 0 Å². The number of nitrogens with two attached hydrogens (primary N) is 1. The SMILES string of the molecule is CCOC(=O)CCC(=O)NCCCOCCOCCOCCCN. The number of ether oxygens (including phenoxy) is 4. The summed E-state index contributed by atoms with van der Waals surface area (Å²) in [6.45, 7) is 6.60. The lowest BCUT2D eigenvalue weighted by atomic mass is 10.3. The molecule has 0 aliphatic rings. The minimum atomic E-state index is -0.347. The average Bonchev–Trinajstić information content (AvgIpc) is 2.57. The topological polar surface area (TPSA) is 109 Å². The number of nitrogens with one attached hydrogen (secondary N) is 1. The molecule has 0 aromatic heterocycles. The number of esters is 1. The van der Waals surface area contributed by atoms with Crippen LogP contribution in [-0.2, 0) is 28.5 Å². The van der Waals surface area contributed by atoms with E-state index in [1.807, 2.05) is 0 Å². The molecule has 0 aliphatic heterocycles. The second-order valence-corrected chi connectivity index (χ2v) is 4.99. The molecular weight excluding hydrogens is 316 g/mol. The van der Waals surface area contributed by atoms with Crippen LogP contribution in [0, 0.1) is 0 Å². The van der Waals surface area contributed by atoms with E-state index in [4.69, 9.17) is 24.7 Å². The molecule has 24 heavy (non-hydrogen) atoms. The van der Waals surface area contributed by atoms with Crippen molar-refractivity contribution in [1.82, 2.24) is 5.32 Å². The van der Waals surface area contributed by atoms with Gasteiger partial charge in [0.2, 0.25) is 5.91 Å². The summed E-state index contributed by atoms with van der Waals surface area (Å²) < 4.78 is 20.8. The Balaban J connectivity index is 3.19. The van der Waals surface area contributed by atoms with Crippen molar-refractivity contribution in [2.75, 3.05) is 59.3 Å². The fraction of sp³-hybridized carbons (Fsp3) is 0.875. The van der Waals surface area contributed by atoms with Gasteiger partial charge in [0.1, 0.15) is 0 Å². The highest BCUT2D eigenvalue weighted by Gasteiger charge is 2.06. The van der Waals surface area contributed by atoms with E-state index in [0.29, 0.717) is 65.8 Å². The molecule has 0 aromatic carbocycles. The van der Waals surface area contributed by atoms with Gasteiger partial charge in [-0.25, -0.2) is 0 Å². The lowest BCUT2D eigenvalue weighted by Crippen LogP contribution is -2.26. The largest absolute Gasteiger partial charge is 0.466 e. The van der Waals surface area contributed by atoms with E-state index in [0.717, 1.165) is 6.42 Å². The Morgan fingerprint density at radius 2 is 1.46 bits per heavy atom. The van der Waals surface area contributed by atoms with Gasteiger partial charge < -0.3 is 30.0 Å². The number of hydrogen-bond acceptors (Lipinski definition) is 7. The molecule has 0 bridgehead atoms. The summed E-state index contributed by atoms with van der Waals surface area (Å²) in [5.41, 5.74) is 5.34. The predicted molar refractivity (Wildman–Crippen MR) is 89.6 cm³/mol. The van der Waals surface area contributed by atoms with E-state index < -0.39 is 0 Å². The molecule has 1 amide bonds. The molecule has 8 nitrogen and oxygen atoms in total. The normalized spacial score (nSPS) is 10.6. The van der Waals surface area contributed by atoms with Crippen LogP contribution in [0.15, 0.2) is 0 Å². The summed E-state index contributed by atoms with van der Waals surface area (Å²) >= 11 is 0. The quantitative estimate of drug-likeness (QED) is 0.286. The molecule has 0 spiro atoms. The number of rotatable bonds is 17. The van der Waals surface area contributed by atoms with E-state index in [-0.39, 0.29) is 24.7 Å². The van der Waals surface area contributed by atoms with Crippen LogP contribution >= 0.6 is 0 Å².